The van der Waals surface area contributed by atoms with E-state index in [0.717, 1.165) is 24.3 Å². The van der Waals surface area contributed by atoms with Gasteiger partial charge in [-0.15, -0.1) is 0 Å². The zero-order valence-corrected chi connectivity index (χ0v) is 12.2. The molecule has 1 N–H and O–H groups in total. The van der Waals surface area contributed by atoms with Gasteiger partial charge in [0, 0.05) is 5.56 Å². The number of rotatable bonds is 5. The van der Waals surface area contributed by atoms with Crippen LogP contribution in [0.4, 0.5) is 0 Å². The summed E-state index contributed by atoms with van der Waals surface area (Å²) in [5.74, 6) is 0.879. The van der Waals surface area contributed by atoms with Gasteiger partial charge in [0.15, 0.2) is 5.82 Å². The molecule has 1 aromatic heterocycles. The van der Waals surface area contributed by atoms with Crippen molar-refractivity contribution in [2.45, 2.75) is 25.4 Å². The van der Waals surface area contributed by atoms with Crippen LogP contribution in [0.2, 0.25) is 0 Å². The Labute approximate surface area is 127 Å². The van der Waals surface area contributed by atoms with E-state index in [1.807, 2.05) is 29.2 Å². The van der Waals surface area contributed by atoms with Crippen molar-refractivity contribution in [3.8, 4) is 17.2 Å². The summed E-state index contributed by atoms with van der Waals surface area (Å²) < 4.78 is 10.4. The Morgan fingerprint density at radius 2 is 2.23 bits per heavy atom. The van der Waals surface area contributed by atoms with Crippen LogP contribution in [-0.4, -0.2) is 45.8 Å². The van der Waals surface area contributed by atoms with Gasteiger partial charge in [-0.25, -0.2) is 0 Å². The molecule has 2 heterocycles. The van der Waals surface area contributed by atoms with Crippen molar-refractivity contribution >= 4 is 5.97 Å². The molecule has 116 valence electrons. The number of benzene rings is 1. The minimum Gasteiger partial charge on any atom is -0.497 e. The molecule has 0 bridgehead atoms. The summed E-state index contributed by atoms with van der Waals surface area (Å²) in [6, 6.07) is 6.86. The van der Waals surface area contributed by atoms with Crippen molar-refractivity contribution in [3.63, 3.8) is 0 Å². The van der Waals surface area contributed by atoms with Crippen LogP contribution >= 0.6 is 0 Å². The number of carboxylic acids is 1. The Balaban J connectivity index is 1.72. The summed E-state index contributed by atoms with van der Waals surface area (Å²) in [5.41, 5.74) is 0.802. The third kappa shape index (κ3) is 2.94. The zero-order chi connectivity index (χ0) is 15.5. The van der Waals surface area contributed by atoms with Crippen molar-refractivity contribution in [1.82, 2.24) is 15.0 Å². The Bertz CT molecular complexity index is 653. The first-order valence-corrected chi connectivity index (χ1v) is 7.11. The lowest BCUT2D eigenvalue weighted by atomic mass is 10.2. The highest BCUT2D eigenvalue weighted by molar-refractivity contribution is 5.73. The highest BCUT2D eigenvalue weighted by atomic mass is 16.5. The third-order valence-corrected chi connectivity index (χ3v) is 3.80. The maximum Gasteiger partial charge on any atom is 0.320 e. The van der Waals surface area contributed by atoms with Gasteiger partial charge in [-0.1, -0.05) is 5.16 Å². The highest BCUT2D eigenvalue weighted by Gasteiger charge is 2.31. The van der Waals surface area contributed by atoms with Gasteiger partial charge in [0.25, 0.3) is 5.89 Å². The van der Waals surface area contributed by atoms with E-state index >= 15 is 0 Å². The van der Waals surface area contributed by atoms with Crippen molar-refractivity contribution in [2.75, 3.05) is 13.7 Å². The Kier molecular flexibility index (Phi) is 4.06. The zero-order valence-electron chi connectivity index (χ0n) is 12.2. The van der Waals surface area contributed by atoms with Crippen molar-refractivity contribution < 1.29 is 19.2 Å². The molecule has 0 aliphatic carbocycles. The van der Waals surface area contributed by atoms with Gasteiger partial charge in [0.1, 0.15) is 11.8 Å². The van der Waals surface area contributed by atoms with Crippen molar-refractivity contribution in [1.29, 1.82) is 0 Å². The average molecular weight is 303 g/mol. The second-order valence-corrected chi connectivity index (χ2v) is 5.21. The summed E-state index contributed by atoms with van der Waals surface area (Å²) >= 11 is 0. The summed E-state index contributed by atoms with van der Waals surface area (Å²) in [5, 5.41) is 13.1. The topological polar surface area (TPSA) is 88.7 Å². The Morgan fingerprint density at radius 3 is 2.91 bits per heavy atom. The normalized spacial score (nSPS) is 18.5. The molecule has 1 atom stereocenters. The maximum atomic E-state index is 11.2. The quantitative estimate of drug-likeness (QED) is 0.900. The largest absolute Gasteiger partial charge is 0.497 e. The summed E-state index contributed by atoms with van der Waals surface area (Å²) in [6.07, 6.45) is 1.54. The summed E-state index contributed by atoms with van der Waals surface area (Å²) in [7, 11) is 1.61. The molecule has 0 radical (unpaired) electrons. The number of likely N-dealkylation sites (tertiary alicyclic amines) is 1. The molecule has 0 saturated carbocycles. The van der Waals surface area contributed by atoms with Gasteiger partial charge < -0.3 is 14.4 Å². The molecule has 3 rings (SSSR count). The minimum absolute atomic E-state index is 0.386. The molecule has 7 heteroatoms. The van der Waals surface area contributed by atoms with Crippen molar-refractivity contribution in [2.24, 2.45) is 0 Å². The first kappa shape index (κ1) is 14.5. The number of methoxy groups -OCH3 is 1. The fraction of sp³-hybridized carbons (Fsp3) is 0.400. The molecule has 1 fully saturated rings. The van der Waals surface area contributed by atoms with Gasteiger partial charge in [-0.3, -0.25) is 9.69 Å². The van der Waals surface area contributed by atoms with E-state index in [4.69, 9.17) is 9.26 Å². The van der Waals surface area contributed by atoms with E-state index in [9.17, 15) is 9.90 Å². The van der Waals surface area contributed by atoms with Gasteiger partial charge in [-0.05, 0) is 43.7 Å². The molecule has 1 saturated heterocycles. The SMILES string of the molecule is COc1ccc(-c2nc(CN3CCC[C@H]3C(=O)O)no2)cc1. The van der Waals surface area contributed by atoms with Crippen LogP contribution < -0.4 is 4.74 Å². The van der Waals surface area contributed by atoms with E-state index in [-0.39, 0.29) is 0 Å². The number of carboxylic acid groups (broad SMARTS) is 1. The second kappa shape index (κ2) is 6.15. The van der Waals surface area contributed by atoms with Crippen LogP contribution in [0.25, 0.3) is 11.5 Å². The van der Waals surface area contributed by atoms with E-state index in [1.54, 1.807) is 7.11 Å². The van der Waals surface area contributed by atoms with Gasteiger partial charge >= 0.3 is 5.97 Å². The number of aromatic nitrogens is 2. The van der Waals surface area contributed by atoms with E-state index in [0.29, 0.717) is 24.7 Å². The molecule has 1 aromatic carbocycles. The van der Waals surface area contributed by atoms with E-state index < -0.39 is 12.0 Å². The van der Waals surface area contributed by atoms with Crippen LogP contribution in [0.3, 0.4) is 0 Å². The lowest BCUT2D eigenvalue weighted by Crippen LogP contribution is -2.35. The number of nitrogens with zero attached hydrogens (tertiary/aromatic N) is 3. The van der Waals surface area contributed by atoms with Crippen LogP contribution in [0, 0.1) is 0 Å². The number of carbonyl (C=O) groups is 1. The van der Waals surface area contributed by atoms with E-state index in [1.165, 1.54) is 0 Å². The van der Waals surface area contributed by atoms with Crippen molar-refractivity contribution in [3.05, 3.63) is 30.1 Å². The van der Waals surface area contributed by atoms with E-state index in [2.05, 4.69) is 10.1 Å². The molecule has 0 spiro atoms. The molecular weight excluding hydrogens is 286 g/mol. The first-order chi connectivity index (χ1) is 10.7. The fourth-order valence-corrected chi connectivity index (χ4v) is 2.65. The number of hydrogen-bond donors (Lipinski definition) is 1. The van der Waals surface area contributed by atoms with Crippen LogP contribution in [0.5, 0.6) is 5.75 Å². The number of ether oxygens (including phenoxy) is 1. The highest BCUT2D eigenvalue weighted by Crippen LogP contribution is 2.23. The average Bonchev–Trinajstić information content (AvgIpc) is 3.17. The summed E-state index contributed by atoms with van der Waals surface area (Å²) in [4.78, 5) is 17.4. The first-order valence-electron chi connectivity index (χ1n) is 7.11. The van der Waals surface area contributed by atoms with Crippen LogP contribution in [-0.2, 0) is 11.3 Å². The summed E-state index contributed by atoms with van der Waals surface area (Å²) in [6.45, 7) is 1.12. The number of aliphatic carboxylic acids is 1. The molecule has 1 aliphatic rings. The minimum atomic E-state index is -0.795. The molecule has 7 nitrogen and oxygen atoms in total. The monoisotopic (exact) mass is 303 g/mol. The van der Waals surface area contributed by atoms with Crippen LogP contribution in [0.1, 0.15) is 18.7 Å². The molecule has 1 aliphatic heterocycles. The maximum absolute atomic E-state index is 11.2. The predicted molar refractivity (Wildman–Crippen MR) is 77.4 cm³/mol. The van der Waals surface area contributed by atoms with Gasteiger partial charge in [-0.2, -0.15) is 4.98 Å². The van der Waals surface area contributed by atoms with Gasteiger partial charge in [0.05, 0.1) is 13.7 Å². The third-order valence-electron chi connectivity index (χ3n) is 3.80. The lowest BCUT2D eigenvalue weighted by molar-refractivity contribution is -0.142. The Morgan fingerprint density at radius 1 is 1.45 bits per heavy atom. The number of hydrogen-bond acceptors (Lipinski definition) is 6. The smallest absolute Gasteiger partial charge is 0.320 e. The predicted octanol–water partition coefficient (Wildman–Crippen LogP) is 1.79. The fourth-order valence-electron chi connectivity index (χ4n) is 2.65. The molecular formula is C15H17N3O4. The standard InChI is InChI=1S/C15H17N3O4/c1-21-11-6-4-10(5-7-11)14-16-13(17-22-14)9-18-8-2-3-12(18)15(19)20/h4-7,12H,2-3,8-9H2,1H3,(H,19,20)/t12-/m0/s1. The Hall–Kier alpha value is -2.41. The lowest BCUT2D eigenvalue weighted by Gasteiger charge is -2.18. The van der Waals surface area contributed by atoms with Gasteiger partial charge in [0.2, 0.25) is 0 Å². The molecule has 0 amide bonds. The second-order valence-electron chi connectivity index (χ2n) is 5.21. The molecule has 22 heavy (non-hydrogen) atoms. The molecule has 0 unspecified atom stereocenters. The van der Waals surface area contributed by atoms with Crippen LogP contribution in [0.15, 0.2) is 28.8 Å². The molecule has 2 aromatic rings.